The van der Waals surface area contributed by atoms with Gasteiger partial charge >= 0.3 is 0 Å². The van der Waals surface area contributed by atoms with E-state index in [1.807, 2.05) is 6.07 Å². The standard InChI is InChI=1S/C13H14N4O3/c1-20-13-4-9(2-3-15-13)8-16-11-5-10(14)6-12(7-11)17(18)19/h2-7,16H,8,14H2,1H3. The van der Waals surface area contributed by atoms with Crippen LogP contribution < -0.4 is 15.8 Å². The predicted octanol–water partition coefficient (Wildman–Crippen LogP) is 2.19. The molecule has 1 aromatic carbocycles. The summed E-state index contributed by atoms with van der Waals surface area (Å²) in [6.07, 6.45) is 1.64. The number of hydrogen-bond donors (Lipinski definition) is 2. The molecule has 0 amide bonds. The van der Waals surface area contributed by atoms with Crippen molar-refractivity contribution in [3.63, 3.8) is 0 Å². The van der Waals surface area contributed by atoms with Crippen LogP contribution in [0.1, 0.15) is 5.56 Å². The largest absolute Gasteiger partial charge is 0.481 e. The maximum absolute atomic E-state index is 10.8. The van der Waals surface area contributed by atoms with E-state index in [0.29, 0.717) is 23.8 Å². The number of benzene rings is 1. The molecule has 0 atom stereocenters. The number of anilines is 2. The summed E-state index contributed by atoms with van der Waals surface area (Å²) in [6, 6.07) is 8.02. The second-order valence-corrected chi connectivity index (χ2v) is 4.13. The normalized spacial score (nSPS) is 10.1. The van der Waals surface area contributed by atoms with Crippen molar-refractivity contribution in [1.82, 2.24) is 4.98 Å². The van der Waals surface area contributed by atoms with Gasteiger partial charge in [-0.25, -0.2) is 4.98 Å². The third kappa shape index (κ3) is 3.35. The fourth-order valence-electron chi connectivity index (χ4n) is 1.72. The highest BCUT2D eigenvalue weighted by Gasteiger charge is 2.08. The Kier molecular flexibility index (Phi) is 3.99. The first kappa shape index (κ1) is 13.6. The zero-order valence-electron chi connectivity index (χ0n) is 10.9. The summed E-state index contributed by atoms with van der Waals surface area (Å²) in [7, 11) is 1.54. The number of rotatable bonds is 5. The van der Waals surface area contributed by atoms with Crippen LogP contribution in [0.5, 0.6) is 5.88 Å². The van der Waals surface area contributed by atoms with Crippen molar-refractivity contribution in [2.45, 2.75) is 6.54 Å². The van der Waals surface area contributed by atoms with E-state index in [-0.39, 0.29) is 5.69 Å². The van der Waals surface area contributed by atoms with E-state index in [0.717, 1.165) is 5.56 Å². The van der Waals surface area contributed by atoms with Crippen LogP contribution in [0, 0.1) is 10.1 Å². The fourth-order valence-corrected chi connectivity index (χ4v) is 1.72. The smallest absolute Gasteiger partial charge is 0.273 e. The van der Waals surface area contributed by atoms with E-state index in [9.17, 15) is 10.1 Å². The minimum absolute atomic E-state index is 0.0418. The monoisotopic (exact) mass is 274 g/mol. The topological polar surface area (TPSA) is 103 Å². The molecular weight excluding hydrogens is 260 g/mol. The lowest BCUT2D eigenvalue weighted by Gasteiger charge is -2.08. The summed E-state index contributed by atoms with van der Waals surface area (Å²) in [5, 5.41) is 13.8. The third-order valence-electron chi connectivity index (χ3n) is 2.66. The number of methoxy groups -OCH3 is 1. The Bertz CT molecular complexity index is 631. The molecule has 0 unspecified atom stereocenters. The molecule has 104 valence electrons. The van der Waals surface area contributed by atoms with Gasteiger partial charge in [0.2, 0.25) is 5.88 Å². The van der Waals surface area contributed by atoms with E-state index in [1.54, 1.807) is 25.4 Å². The first-order valence-electron chi connectivity index (χ1n) is 5.86. The molecule has 0 radical (unpaired) electrons. The van der Waals surface area contributed by atoms with Gasteiger partial charge in [0, 0.05) is 42.3 Å². The molecular formula is C13H14N4O3. The summed E-state index contributed by atoms with van der Waals surface area (Å²) in [5.74, 6) is 0.517. The Morgan fingerprint density at radius 2 is 2.20 bits per heavy atom. The van der Waals surface area contributed by atoms with Gasteiger partial charge in [-0.3, -0.25) is 10.1 Å². The molecule has 0 saturated carbocycles. The Morgan fingerprint density at radius 1 is 1.40 bits per heavy atom. The van der Waals surface area contributed by atoms with Gasteiger partial charge in [-0.15, -0.1) is 0 Å². The van der Waals surface area contributed by atoms with Crippen molar-refractivity contribution in [2.75, 3.05) is 18.2 Å². The van der Waals surface area contributed by atoms with Gasteiger partial charge < -0.3 is 15.8 Å². The van der Waals surface area contributed by atoms with E-state index < -0.39 is 4.92 Å². The van der Waals surface area contributed by atoms with E-state index in [2.05, 4.69) is 10.3 Å². The molecule has 0 fully saturated rings. The minimum atomic E-state index is -0.475. The quantitative estimate of drug-likeness (QED) is 0.492. The lowest BCUT2D eigenvalue weighted by atomic mass is 10.2. The van der Waals surface area contributed by atoms with Crippen LogP contribution in [0.25, 0.3) is 0 Å². The molecule has 0 aliphatic rings. The highest BCUT2D eigenvalue weighted by molar-refractivity contribution is 5.61. The molecule has 0 spiro atoms. The molecule has 3 N–H and O–H groups in total. The molecule has 2 aromatic rings. The maximum atomic E-state index is 10.8. The maximum Gasteiger partial charge on any atom is 0.273 e. The molecule has 2 rings (SSSR count). The number of nitro benzene ring substituents is 1. The van der Waals surface area contributed by atoms with Gasteiger partial charge in [0.1, 0.15) is 0 Å². The number of aromatic nitrogens is 1. The molecule has 7 nitrogen and oxygen atoms in total. The van der Waals surface area contributed by atoms with E-state index in [1.165, 1.54) is 12.1 Å². The minimum Gasteiger partial charge on any atom is -0.481 e. The van der Waals surface area contributed by atoms with Crippen LogP contribution in [0.2, 0.25) is 0 Å². The highest BCUT2D eigenvalue weighted by Crippen LogP contribution is 2.23. The number of nitrogens with zero attached hydrogens (tertiary/aromatic N) is 2. The van der Waals surface area contributed by atoms with Crippen LogP contribution in [0.4, 0.5) is 17.1 Å². The van der Waals surface area contributed by atoms with Gasteiger partial charge in [0.25, 0.3) is 5.69 Å². The molecule has 7 heteroatoms. The van der Waals surface area contributed by atoms with Gasteiger partial charge in [0.05, 0.1) is 12.0 Å². The molecule has 0 saturated heterocycles. The first-order valence-corrected chi connectivity index (χ1v) is 5.86. The van der Waals surface area contributed by atoms with Crippen LogP contribution in [-0.2, 0) is 6.54 Å². The van der Waals surface area contributed by atoms with Gasteiger partial charge in [-0.05, 0) is 17.7 Å². The number of nitro groups is 1. The summed E-state index contributed by atoms with van der Waals surface area (Å²) in [4.78, 5) is 14.3. The molecule has 0 aliphatic carbocycles. The Hall–Kier alpha value is -2.83. The predicted molar refractivity (Wildman–Crippen MR) is 75.6 cm³/mol. The van der Waals surface area contributed by atoms with Crippen molar-refractivity contribution in [3.05, 3.63) is 52.2 Å². The number of nitrogens with two attached hydrogens (primary N) is 1. The Morgan fingerprint density at radius 3 is 2.90 bits per heavy atom. The van der Waals surface area contributed by atoms with Crippen molar-refractivity contribution >= 4 is 17.1 Å². The number of non-ortho nitro benzene ring substituents is 1. The van der Waals surface area contributed by atoms with Crippen LogP contribution >= 0.6 is 0 Å². The van der Waals surface area contributed by atoms with Crippen molar-refractivity contribution < 1.29 is 9.66 Å². The summed E-state index contributed by atoms with van der Waals surface area (Å²) in [5.41, 5.74) is 7.47. The Labute approximate surface area is 115 Å². The lowest BCUT2D eigenvalue weighted by Crippen LogP contribution is -2.02. The van der Waals surface area contributed by atoms with Crippen LogP contribution in [-0.4, -0.2) is 17.0 Å². The molecule has 20 heavy (non-hydrogen) atoms. The molecule has 0 bridgehead atoms. The summed E-state index contributed by atoms with van der Waals surface area (Å²) < 4.78 is 5.03. The van der Waals surface area contributed by atoms with Crippen molar-refractivity contribution in [2.24, 2.45) is 0 Å². The van der Waals surface area contributed by atoms with E-state index in [4.69, 9.17) is 10.5 Å². The van der Waals surface area contributed by atoms with Crippen LogP contribution in [0.3, 0.4) is 0 Å². The molecule has 1 aromatic heterocycles. The average Bonchev–Trinajstić information content (AvgIpc) is 2.44. The second-order valence-electron chi connectivity index (χ2n) is 4.13. The number of hydrogen-bond acceptors (Lipinski definition) is 6. The highest BCUT2D eigenvalue weighted by atomic mass is 16.6. The van der Waals surface area contributed by atoms with Crippen molar-refractivity contribution in [1.29, 1.82) is 0 Å². The lowest BCUT2D eigenvalue weighted by molar-refractivity contribution is -0.384. The zero-order chi connectivity index (χ0) is 14.5. The van der Waals surface area contributed by atoms with Gasteiger partial charge in [-0.1, -0.05) is 0 Å². The number of ether oxygens (including phenoxy) is 1. The summed E-state index contributed by atoms with van der Waals surface area (Å²) in [6.45, 7) is 0.486. The first-order chi connectivity index (χ1) is 9.58. The van der Waals surface area contributed by atoms with E-state index >= 15 is 0 Å². The Balaban J connectivity index is 2.12. The van der Waals surface area contributed by atoms with Gasteiger partial charge in [0.15, 0.2) is 0 Å². The van der Waals surface area contributed by atoms with Gasteiger partial charge in [-0.2, -0.15) is 0 Å². The molecule has 1 heterocycles. The average molecular weight is 274 g/mol. The number of nitrogens with one attached hydrogen (secondary N) is 1. The SMILES string of the molecule is COc1cc(CNc2cc(N)cc([N+](=O)[O-])c2)ccn1. The molecule has 0 aliphatic heterocycles. The number of nitrogen functional groups attached to an aromatic ring is 1. The fraction of sp³-hybridized carbons (Fsp3) is 0.154. The second kappa shape index (κ2) is 5.87. The number of pyridine rings is 1. The van der Waals surface area contributed by atoms with Crippen molar-refractivity contribution in [3.8, 4) is 5.88 Å². The van der Waals surface area contributed by atoms with Crippen LogP contribution in [0.15, 0.2) is 36.5 Å². The summed E-state index contributed by atoms with van der Waals surface area (Å²) >= 11 is 0. The third-order valence-corrected chi connectivity index (χ3v) is 2.66. The zero-order valence-corrected chi connectivity index (χ0v) is 10.9.